The second-order valence-electron chi connectivity index (χ2n) is 6.92. The number of ether oxygens (including phenoxy) is 1. The normalized spacial score (nSPS) is 17.9. The summed E-state index contributed by atoms with van der Waals surface area (Å²) in [7, 11) is 1.82. The van der Waals surface area contributed by atoms with Crippen LogP contribution in [0.15, 0.2) is 60.7 Å². The predicted molar refractivity (Wildman–Crippen MR) is 114 cm³/mol. The van der Waals surface area contributed by atoms with Crippen molar-refractivity contribution in [1.29, 1.82) is 0 Å². The summed E-state index contributed by atoms with van der Waals surface area (Å²) in [6.45, 7) is 2.06. The second-order valence-corrected chi connectivity index (χ2v) is 7.76. The Morgan fingerprint density at radius 1 is 1.00 bits per heavy atom. The molecule has 1 aliphatic heterocycles. The van der Waals surface area contributed by atoms with E-state index < -0.39 is 6.10 Å². The molecule has 3 aromatic carbocycles. The Bertz CT molecular complexity index is 1060. The van der Waals surface area contributed by atoms with Gasteiger partial charge >= 0.3 is 0 Å². The molecule has 5 heteroatoms. The van der Waals surface area contributed by atoms with Gasteiger partial charge in [-0.25, -0.2) is 0 Å². The van der Waals surface area contributed by atoms with E-state index in [4.69, 9.17) is 27.9 Å². The zero-order chi connectivity index (χ0) is 19.8. The quantitative estimate of drug-likeness (QED) is 0.545. The molecular weight excluding hydrogens is 393 g/mol. The van der Waals surface area contributed by atoms with Crippen molar-refractivity contribution in [1.82, 2.24) is 5.32 Å². The highest BCUT2D eigenvalue weighted by Crippen LogP contribution is 2.41. The monoisotopic (exact) mass is 411 g/mol. The molecule has 2 atom stereocenters. The van der Waals surface area contributed by atoms with Crippen LogP contribution in [-0.2, 0) is 0 Å². The Labute approximate surface area is 174 Å². The molecule has 0 saturated heterocycles. The van der Waals surface area contributed by atoms with Crippen LogP contribution < -0.4 is 10.1 Å². The van der Waals surface area contributed by atoms with Crippen LogP contribution in [0, 0.1) is 6.92 Å². The number of aryl methyl sites for hydroxylation is 1. The molecule has 0 spiro atoms. The highest BCUT2D eigenvalue weighted by molar-refractivity contribution is 6.37. The van der Waals surface area contributed by atoms with Crippen LogP contribution in [0.3, 0.4) is 0 Å². The molecule has 0 saturated carbocycles. The van der Waals surface area contributed by atoms with Gasteiger partial charge in [0, 0.05) is 16.1 Å². The summed E-state index contributed by atoms with van der Waals surface area (Å²) in [6, 6.07) is 19.0. The average Bonchev–Trinajstić information content (AvgIpc) is 3.05. The number of rotatable bonds is 4. The molecule has 2 unspecified atom stereocenters. The van der Waals surface area contributed by atoms with Gasteiger partial charge < -0.3 is 10.1 Å². The molecule has 4 rings (SSSR count). The van der Waals surface area contributed by atoms with Crippen molar-refractivity contribution in [3.05, 3.63) is 87.4 Å². The number of nitrogens with one attached hydrogen (secondary N) is 1. The van der Waals surface area contributed by atoms with Gasteiger partial charge in [0.25, 0.3) is 0 Å². The topological polar surface area (TPSA) is 38.3 Å². The first-order valence-electron chi connectivity index (χ1n) is 9.02. The van der Waals surface area contributed by atoms with Crippen LogP contribution in [0.2, 0.25) is 10.0 Å². The Kier molecular flexibility index (Phi) is 5.15. The van der Waals surface area contributed by atoms with Crippen LogP contribution in [0.1, 0.15) is 27.5 Å². The zero-order valence-corrected chi connectivity index (χ0v) is 17.0. The van der Waals surface area contributed by atoms with Gasteiger partial charge in [0.2, 0.25) is 5.78 Å². The number of carbonyl (C=O) groups is 1. The number of ketones is 1. The fourth-order valence-corrected chi connectivity index (χ4v) is 4.12. The summed E-state index contributed by atoms with van der Waals surface area (Å²) in [4.78, 5) is 13.1. The molecule has 0 aromatic heterocycles. The molecule has 0 amide bonds. The van der Waals surface area contributed by atoms with Crippen molar-refractivity contribution in [2.24, 2.45) is 0 Å². The first kappa shape index (κ1) is 19.0. The van der Waals surface area contributed by atoms with E-state index in [0.29, 0.717) is 21.4 Å². The largest absolute Gasteiger partial charge is 0.480 e. The van der Waals surface area contributed by atoms with E-state index >= 15 is 0 Å². The zero-order valence-electron chi connectivity index (χ0n) is 15.5. The van der Waals surface area contributed by atoms with Crippen molar-refractivity contribution in [3.63, 3.8) is 0 Å². The lowest BCUT2D eigenvalue weighted by Crippen LogP contribution is -2.35. The van der Waals surface area contributed by atoms with Crippen LogP contribution in [0.4, 0.5) is 0 Å². The molecule has 3 aromatic rings. The van der Waals surface area contributed by atoms with E-state index in [9.17, 15) is 4.79 Å². The predicted octanol–water partition coefficient (Wildman–Crippen LogP) is 5.87. The van der Waals surface area contributed by atoms with Gasteiger partial charge in [-0.05, 0) is 49.4 Å². The minimum absolute atomic E-state index is 0.172. The van der Waals surface area contributed by atoms with Crippen molar-refractivity contribution >= 4 is 29.0 Å². The molecule has 1 N–H and O–H groups in total. The molecule has 1 aliphatic rings. The smallest absolute Gasteiger partial charge is 0.206 e. The Hall–Kier alpha value is -2.33. The van der Waals surface area contributed by atoms with E-state index in [1.165, 1.54) is 5.56 Å². The van der Waals surface area contributed by atoms with Crippen molar-refractivity contribution in [3.8, 4) is 16.9 Å². The van der Waals surface area contributed by atoms with Gasteiger partial charge in [0.15, 0.2) is 6.10 Å². The Morgan fingerprint density at radius 2 is 1.79 bits per heavy atom. The summed E-state index contributed by atoms with van der Waals surface area (Å²) >= 11 is 12.2. The number of fused-ring (bicyclic) bond motifs is 1. The third kappa shape index (κ3) is 3.42. The molecule has 142 valence electrons. The fourth-order valence-electron chi connectivity index (χ4n) is 3.62. The molecule has 0 bridgehead atoms. The molecule has 3 nitrogen and oxygen atoms in total. The Balaban J connectivity index is 1.68. The molecule has 1 heterocycles. The second kappa shape index (κ2) is 7.59. The number of benzene rings is 3. The fraction of sp³-hybridized carbons (Fsp3) is 0.174. The van der Waals surface area contributed by atoms with Gasteiger partial charge in [-0.1, -0.05) is 65.2 Å². The van der Waals surface area contributed by atoms with Crippen molar-refractivity contribution < 1.29 is 9.53 Å². The first-order valence-corrected chi connectivity index (χ1v) is 9.77. The highest BCUT2D eigenvalue weighted by atomic mass is 35.5. The number of Topliss-reactive ketones (excluding diaryl/α,β-unsaturated/α-hetero) is 1. The molecule has 0 fully saturated rings. The van der Waals surface area contributed by atoms with Gasteiger partial charge in [-0.2, -0.15) is 0 Å². The third-order valence-electron chi connectivity index (χ3n) is 5.02. The standard InChI is InChI=1S/C23H19Cl2NO2/c1-13-4-3-5-14(10-13)15-6-8-18-20(11-15)28-23(21(18)26-2)22(27)17-9-7-16(24)12-19(17)25/h3-12,21,23,26H,1-2H3. The van der Waals surface area contributed by atoms with E-state index in [2.05, 4.69) is 36.5 Å². The number of hydrogen-bond acceptors (Lipinski definition) is 3. The maximum atomic E-state index is 13.1. The molecular formula is C23H19Cl2NO2. The van der Waals surface area contributed by atoms with E-state index in [1.54, 1.807) is 18.2 Å². The summed E-state index contributed by atoms with van der Waals surface area (Å²) in [5, 5.41) is 4.02. The minimum Gasteiger partial charge on any atom is -0.480 e. The van der Waals surface area contributed by atoms with Gasteiger partial charge in [-0.3, -0.25) is 4.79 Å². The SMILES string of the molecule is CNC1c2ccc(-c3cccc(C)c3)cc2OC1C(=O)c1ccc(Cl)cc1Cl. The van der Waals surface area contributed by atoms with Gasteiger partial charge in [0.1, 0.15) is 5.75 Å². The average molecular weight is 412 g/mol. The maximum absolute atomic E-state index is 13.1. The highest BCUT2D eigenvalue weighted by Gasteiger charge is 2.39. The number of likely N-dealkylation sites (N-methyl/N-ethyl adjacent to an activating group) is 1. The van der Waals surface area contributed by atoms with Gasteiger partial charge in [-0.15, -0.1) is 0 Å². The third-order valence-corrected chi connectivity index (χ3v) is 5.57. The van der Waals surface area contributed by atoms with Crippen LogP contribution in [0.25, 0.3) is 11.1 Å². The summed E-state index contributed by atoms with van der Waals surface area (Å²) < 4.78 is 6.10. The number of halogens is 2. The summed E-state index contributed by atoms with van der Waals surface area (Å²) in [5.41, 5.74) is 4.72. The maximum Gasteiger partial charge on any atom is 0.206 e. The Morgan fingerprint density at radius 3 is 2.50 bits per heavy atom. The molecule has 0 radical (unpaired) electrons. The lowest BCUT2D eigenvalue weighted by Gasteiger charge is -2.18. The lowest BCUT2D eigenvalue weighted by molar-refractivity contribution is 0.0779. The minimum atomic E-state index is -0.688. The molecule has 0 aliphatic carbocycles. The summed E-state index contributed by atoms with van der Waals surface area (Å²) in [6.07, 6.45) is -0.688. The van der Waals surface area contributed by atoms with E-state index in [0.717, 1.165) is 16.7 Å². The first-order chi connectivity index (χ1) is 13.5. The lowest BCUT2D eigenvalue weighted by atomic mass is 9.95. The van der Waals surface area contributed by atoms with Crippen LogP contribution in [0.5, 0.6) is 5.75 Å². The van der Waals surface area contributed by atoms with E-state index in [1.807, 2.05) is 25.2 Å². The van der Waals surface area contributed by atoms with Crippen LogP contribution in [-0.4, -0.2) is 18.9 Å². The van der Waals surface area contributed by atoms with Crippen molar-refractivity contribution in [2.45, 2.75) is 19.1 Å². The van der Waals surface area contributed by atoms with E-state index in [-0.39, 0.29) is 11.8 Å². The van der Waals surface area contributed by atoms with Crippen LogP contribution >= 0.6 is 23.2 Å². The number of hydrogen-bond donors (Lipinski definition) is 1. The van der Waals surface area contributed by atoms with Gasteiger partial charge in [0.05, 0.1) is 11.1 Å². The number of carbonyl (C=O) groups excluding carboxylic acids is 1. The summed E-state index contributed by atoms with van der Waals surface area (Å²) in [5.74, 6) is 0.538. The van der Waals surface area contributed by atoms with Crippen molar-refractivity contribution in [2.75, 3.05) is 7.05 Å². The molecule has 28 heavy (non-hydrogen) atoms.